The first kappa shape index (κ1) is 22.4. The molecular formula is C26H33NO2S. The average Bonchev–Trinajstić information content (AvgIpc) is 3.07. The number of hydrogen-bond donors (Lipinski definition) is 0. The Morgan fingerprint density at radius 2 is 1.40 bits per heavy atom. The van der Waals surface area contributed by atoms with Gasteiger partial charge in [-0.3, -0.25) is 0 Å². The Bertz CT molecular complexity index is 1020. The van der Waals surface area contributed by atoms with E-state index in [1.807, 2.05) is 31.2 Å². The second kappa shape index (κ2) is 10.6. The fourth-order valence-corrected chi connectivity index (χ4v) is 5.77. The van der Waals surface area contributed by atoms with Crippen molar-refractivity contribution in [3.63, 3.8) is 0 Å². The summed E-state index contributed by atoms with van der Waals surface area (Å²) in [5, 5.41) is 0. The average molecular weight is 424 g/mol. The number of unbranched alkanes of at least 4 members (excludes halogenated alkanes) is 5. The summed E-state index contributed by atoms with van der Waals surface area (Å²) < 4.78 is 29.1. The fraction of sp³-hybridized carbons (Fsp3) is 0.385. The molecule has 0 saturated heterocycles. The van der Waals surface area contributed by atoms with Crippen molar-refractivity contribution < 1.29 is 8.42 Å². The van der Waals surface area contributed by atoms with Crippen molar-refractivity contribution in [3.8, 4) is 0 Å². The van der Waals surface area contributed by atoms with E-state index in [2.05, 4.69) is 29.8 Å². The third-order valence-corrected chi connectivity index (χ3v) is 7.67. The van der Waals surface area contributed by atoms with Crippen molar-refractivity contribution in [1.82, 2.24) is 4.57 Å². The molecule has 4 heteroatoms. The highest BCUT2D eigenvalue weighted by molar-refractivity contribution is 7.91. The van der Waals surface area contributed by atoms with Crippen molar-refractivity contribution in [2.24, 2.45) is 0 Å². The van der Waals surface area contributed by atoms with E-state index in [0.29, 0.717) is 16.3 Å². The minimum atomic E-state index is -3.54. The van der Waals surface area contributed by atoms with Gasteiger partial charge in [-0.05, 0) is 43.0 Å². The third-order valence-electron chi connectivity index (χ3n) is 5.68. The van der Waals surface area contributed by atoms with E-state index >= 15 is 0 Å². The second-order valence-corrected chi connectivity index (χ2v) is 9.90. The number of hydrogen-bond acceptors (Lipinski definition) is 2. The number of aromatic nitrogens is 1. The topological polar surface area (TPSA) is 39.1 Å². The smallest absolute Gasteiger partial charge is 0.208 e. The summed E-state index contributed by atoms with van der Waals surface area (Å²) in [6, 6.07) is 19.0. The molecule has 160 valence electrons. The molecule has 0 radical (unpaired) electrons. The monoisotopic (exact) mass is 423 g/mol. The Labute approximate surface area is 181 Å². The van der Waals surface area contributed by atoms with Gasteiger partial charge in [0.05, 0.1) is 9.79 Å². The lowest BCUT2D eigenvalue weighted by molar-refractivity contribution is 0.590. The molecule has 0 spiro atoms. The van der Waals surface area contributed by atoms with Crippen LogP contribution in [0.25, 0.3) is 0 Å². The first-order valence-electron chi connectivity index (χ1n) is 11.1. The van der Waals surface area contributed by atoms with Crippen LogP contribution in [0.2, 0.25) is 0 Å². The molecule has 0 amide bonds. The lowest BCUT2D eigenvalue weighted by Gasteiger charge is -2.09. The predicted molar refractivity (Wildman–Crippen MR) is 124 cm³/mol. The van der Waals surface area contributed by atoms with E-state index in [-0.39, 0.29) is 0 Å². The van der Waals surface area contributed by atoms with Crippen LogP contribution < -0.4 is 0 Å². The molecule has 30 heavy (non-hydrogen) atoms. The Kier molecular flexibility index (Phi) is 7.92. The molecule has 0 bridgehead atoms. The number of benzene rings is 2. The van der Waals surface area contributed by atoms with E-state index in [4.69, 9.17) is 0 Å². The standard InChI is InChI=1S/C26H33NO2S/c1-3-4-5-6-7-12-17-24-21-27(20-23-15-10-8-11-16-23)22(2)26(24)30(28,29)25-18-13-9-14-19-25/h8-11,13-16,18-19,21H,3-7,12,17,20H2,1-2H3. The van der Waals surface area contributed by atoms with Crippen LogP contribution in [0.15, 0.2) is 76.7 Å². The Hall–Kier alpha value is -2.33. The maximum absolute atomic E-state index is 13.5. The highest BCUT2D eigenvalue weighted by atomic mass is 32.2. The van der Waals surface area contributed by atoms with Gasteiger partial charge in [0.1, 0.15) is 0 Å². The SMILES string of the molecule is CCCCCCCCc1cn(Cc2ccccc2)c(C)c1S(=O)(=O)c1ccccc1. The first-order valence-corrected chi connectivity index (χ1v) is 12.5. The minimum absolute atomic E-state index is 0.370. The molecule has 0 fully saturated rings. The molecule has 3 aromatic rings. The zero-order valence-electron chi connectivity index (χ0n) is 18.2. The van der Waals surface area contributed by atoms with E-state index < -0.39 is 9.84 Å². The summed E-state index contributed by atoms with van der Waals surface area (Å²) in [5.74, 6) is 0. The van der Waals surface area contributed by atoms with Crippen LogP contribution in [0, 0.1) is 6.92 Å². The molecular weight excluding hydrogens is 390 g/mol. The van der Waals surface area contributed by atoms with Crippen LogP contribution in [0.5, 0.6) is 0 Å². The third kappa shape index (κ3) is 5.42. The molecule has 3 nitrogen and oxygen atoms in total. The van der Waals surface area contributed by atoms with Gasteiger partial charge in [-0.25, -0.2) is 8.42 Å². The molecule has 0 aliphatic rings. The zero-order valence-corrected chi connectivity index (χ0v) is 19.0. The summed E-state index contributed by atoms with van der Waals surface area (Å²) in [7, 11) is -3.54. The maximum atomic E-state index is 13.5. The molecule has 0 saturated carbocycles. The summed E-state index contributed by atoms with van der Waals surface area (Å²) in [6.45, 7) is 4.84. The normalized spacial score (nSPS) is 11.7. The molecule has 3 rings (SSSR count). The predicted octanol–water partition coefficient (Wildman–Crippen LogP) is 6.58. The van der Waals surface area contributed by atoms with Crippen LogP contribution in [-0.2, 0) is 22.8 Å². The van der Waals surface area contributed by atoms with Gasteiger partial charge in [-0.2, -0.15) is 0 Å². The number of sulfone groups is 1. The molecule has 2 aromatic carbocycles. The number of nitrogens with zero attached hydrogens (tertiary/aromatic N) is 1. The van der Waals surface area contributed by atoms with E-state index in [9.17, 15) is 8.42 Å². The molecule has 0 aliphatic heterocycles. The molecule has 0 N–H and O–H groups in total. The van der Waals surface area contributed by atoms with Gasteiger partial charge in [-0.15, -0.1) is 0 Å². The van der Waals surface area contributed by atoms with Gasteiger partial charge < -0.3 is 4.57 Å². The summed E-state index contributed by atoms with van der Waals surface area (Å²) in [5.41, 5.74) is 2.94. The van der Waals surface area contributed by atoms with Crippen LogP contribution in [0.1, 0.15) is 62.3 Å². The zero-order chi connectivity index (χ0) is 21.4. The van der Waals surface area contributed by atoms with Crippen LogP contribution in [-0.4, -0.2) is 13.0 Å². The van der Waals surface area contributed by atoms with E-state index in [1.54, 1.807) is 24.3 Å². The quantitative estimate of drug-likeness (QED) is 0.327. The van der Waals surface area contributed by atoms with Gasteiger partial charge in [0, 0.05) is 18.4 Å². The van der Waals surface area contributed by atoms with Gasteiger partial charge in [0.25, 0.3) is 0 Å². The van der Waals surface area contributed by atoms with Gasteiger partial charge in [0.2, 0.25) is 9.84 Å². The lowest BCUT2D eigenvalue weighted by Crippen LogP contribution is -2.07. The summed E-state index contributed by atoms with van der Waals surface area (Å²) in [4.78, 5) is 0.868. The molecule has 0 unspecified atom stereocenters. The molecule has 1 aromatic heterocycles. The van der Waals surface area contributed by atoms with E-state index in [0.717, 1.165) is 30.5 Å². The fourth-order valence-electron chi connectivity index (χ4n) is 4.01. The molecule has 1 heterocycles. The van der Waals surface area contributed by atoms with Crippen LogP contribution in [0.3, 0.4) is 0 Å². The number of aryl methyl sites for hydroxylation is 1. The summed E-state index contributed by atoms with van der Waals surface area (Å²) >= 11 is 0. The lowest BCUT2D eigenvalue weighted by atomic mass is 10.1. The van der Waals surface area contributed by atoms with Crippen molar-refractivity contribution in [1.29, 1.82) is 0 Å². The highest BCUT2D eigenvalue weighted by Crippen LogP contribution is 2.30. The maximum Gasteiger partial charge on any atom is 0.208 e. The molecule has 0 aliphatic carbocycles. The van der Waals surface area contributed by atoms with E-state index in [1.165, 1.54) is 31.2 Å². The Morgan fingerprint density at radius 3 is 2.07 bits per heavy atom. The van der Waals surface area contributed by atoms with Crippen molar-refractivity contribution in [2.45, 2.75) is 75.1 Å². The largest absolute Gasteiger partial charge is 0.346 e. The first-order chi connectivity index (χ1) is 14.5. The minimum Gasteiger partial charge on any atom is -0.346 e. The summed E-state index contributed by atoms with van der Waals surface area (Å²) in [6.07, 6.45) is 10.0. The van der Waals surface area contributed by atoms with Crippen molar-refractivity contribution >= 4 is 9.84 Å². The van der Waals surface area contributed by atoms with Crippen LogP contribution in [0.4, 0.5) is 0 Å². The van der Waals surface area contributed by atoms with Gasteiger partial charge in [0.15, 0.2) is 0 Å². The van der Waals surface area contributed by atoms with Gasteiger partial charge in [-0.1, -0.05) is 87.6 Å². The number of rotatable bonds is 11. The Balaban J connectivity index is 1.90. The van der Waals surface area contributed by atoms with Gasteiger partial charge >= 0.3 is 0 Å². The van der Waals surface area contributed by atoms with Crippen LogP contribution >= 0.6 is 0 Å². The van der Waals surface area contributed by atoms with Crippen molar-refractivity contribution in [3.05, 3.63) is 83.7 Å². The molecule has 0 atom stereocenters. The Morgan fingerprint density at radius 1 is 0.800 bits per heavy atom. The second-order valence-electron chi connectivity index (χ2n) is 8.02. The highest BCUT2D eigenvalue weighted by Gasteiger charge is 2.26. The van der Waals surface area contributed by atoms with Crippen molar-refractivity contribution in [2.75, 3.05) is 0 Å².